The Morgan fingerprint density at radius 3 is 1.77 bits per heavy atom. The molecule has 3 rings (SSSR count). The fourth-order valence-electron chi connectivity index (χ4n) is 3.48. The van der Waals surface area contributed by atoms with Gasteiger partial charge in [0.1, 0.15) is 0 Å². The van der Waals surface area contributed by atoms with E-state index in [4.69, 9.17) is 0 Å². The lowest BCUT2D eigenvalue weighted by molar-refractivity contribution is 0.576. The summed E-state index contributed by atoms with van der Waals surface area (Å²) < 4.78 is 2.29. The van der Waals surface area contributed by atoms with Crippen LogP contribution < -0.4 is 4.90 Å². The first-order chi connectivity index (χ1) is 12.7. The van der Waals surface area contributed by atoms with E-state index in [2.05, 4.69) is 80.1 Å². The Hall–Kier alpha value is -0.450. The lowest BCUT2D eigenvalue weighted by Crippen LogP contribution is -2.22. The molecule has 2 aromatic rings. The van der Waals surface area contributed by atoms with Gasteiger partial charge in [0.15, 0.2) is 0 Å². The van der Waals surface area contributed by atoms with Gasteiger partial charge in [0.2, 0.25) is 0 Å². The number of rotatable bonds is 9. The van der Waals surface area contributed by atoms with Crippen LogP contribution in [0.1, 0.15) is 58.3 Å². The summed E-state index contributed by atoms with van der Waals surface area (Å²) in [6.45, 7) is 3.38. The summed E-state index contributed by atoms with van der Waals surface area (Å²) in [5.41, 5.74) is 2.69. The third-order valence-corrected chi connectivity index (χ3v) is 6.96. The van der Waals surface area contributed by atoms with Crippen molar-refractivity contribution in [3.63, 3.8) is 0 Å². The Bertz CT molecular complexity index is 681. The average Bonchev–Trinajstić information content (AvgIpc) is 2.62. The summed E-state index contributed by atoms with van der Waals surface area (Å²) in [4.78, 5) is 5.19. The molecule has 140 valence electrons. The molecule has 1 heterocycles. The molecule has 0 atom stereocenters. The zero-order chi connectivity index (χ0) is 18.4. The van der Waals surface area contributed by atoms with E-state index in [-0.39, 0.29) is 0 Å². The highest BCUT2D eigenvalue weighted by molar-refractivity contribution is 9.10. The van der Waals surface area contributed by atoms with Crippen molar-refractivity contribution in [1.29, 1.82) is 0 Å². The molecule has 26 heavy (non-hydrogen) atoms. The van der Waals surface area contributed by atoms with E-state index in [0.717, 1.165) is 15.5 Å². The minimum Gasteiger partial charge on any atom is -0.340 e. The van der Waals surface area contributed by atoms with Crippen molar-refractivity contribution < 1.29 is 0 Å². The van der Waals surface area contributed by atoms with Crippen molar-refractivity contribution >= 4 is 55.0 Å². The van der Waals surface area contributed by atoms with Gasteiger partial charge < -0.3 is 4.90 Å². The number of halogens is 2. The molecule has 0 aromatic heterocycles. The van der Waals surface area contributed by atoms with Crippen LogP contribution in [0.5, 0.6) is 0 Å². The second-order valence-corrected chi connectivity index (χ2v) is 9.87. The number of nitrogens with zero attached hydrogens (tertiary/aromatic N) is 1. The van der Waals surface area contributed by atoms with Gasteiger partial charge in [-0.05, 0) is 42.8 Å². The second kappa shape index (κ2) is 10.2. The first-order valence-corrected chi connectivity index (χ1v) is 12.1. The lowest BCUT2D eigenvalue weighted by atomic mass is 10.1. The van der Waals surface area contributed by atoms with Crippen LogP contribution in [-0.4, -0.2) is 6.54 Å². The average molecular weight is 497 g/mol. The summed E-state index contributed by atoms with van der Waals surface area (Å²) in [7, 11) is 0. The van der Waals surface area contributed by atoms with E-state index in [9.17, 15) is 0 Å². The van der Waals surface area contributed by atoms with Gasteiger partial charge in [-0.2, -0.15) is 0 Å². The molecule has 0 bridgehead atoms. The first-order valence-electron chi connectivity index (χ1n) is 9.73. The van der Waals surface area contributed by atoms with Gasteiger partial charge in [0.05, 0.1) is 11.4 Å². The minimum absolute atomic E-state index is 1.10. The Balaban J connectivity index is 1.63. The fraction of sp³-hybridized carbons (Fsp3) is 0.455. The van der Waals surface area contributed by atoms with Crippen LogP contribution in [0.25, 0.3) is 0 Å². The molecule has 1 aliphatic heterocycles. The SMILES string of the molecule is CCCCCCCCCCN1c2ccc(Br)cc2Sc2cc(Br)ccc21. The Morgan fingerprint density at radius 2 is 1.23 bits per heavy atom. The maximum atomic E-state index is 3.62. The molecule has 0 saturated carbocycles. The van der Waals surface area contributed by atoms with E-state index in [0.29, 0.717) is 0 Å². The van der Waals surface area contributed by atoms with Crippen LogP contribution in [-0.2, 0) is 0 Å². The first kappa shape index (κ1) is 20.3. The maximum Gasteiger partial charge on any atom is 0.0553 e. The molecule has 2 aromatic carbocycles. The highest BCUT2D eigenvalue weighted by Crippen LogP contribution is 2.49. The molecule has 1 nitrogen and oxygen atoms in total. The number of hydrogen-bond donors (Lipinski definition) is 0. The van der Waals surface area contributed by atoms with Gasteiger partial charge >= 0.3 is 0 Å². The number of fused-ring (bicyclic) bond motifs is 2. The smallest absolute Gasteiger partial charge is 0.0553 e. The van der Waals surface area contributed by atoms with Crippen molar-refractivity contribution in [2.75, 3.05) is 11.4 Å². The Kier molecular flexibility index (Phi) is 7.95. The maximum absolute atomic E-state index is 3.62. The van der Waals surface area contributed by atoms with Crippen molar-refractivity contribution in [3.05, 3.63) is 45.3 Å². The predicted octanol–water partition coefficient (Wildman–Crippen LogP) is 8.96. The summed E-state index contributed by atoms with van der Waals surface area (Å²) in [5.74, 6) is 0. The van der Waals surface area contributed by atoms with Crippen molar-refractivity contribution in [3.8, 4) is 0 Å². The highest BCUT2D eigenvalue weighted by Gasteiger charge is 2.23. The quantitative estimate of drug-likeness (QED) is 0.318. The van der Waals surface area contributed by atoms with Crippen molar-refractivity contribution in [2.24, 2.45) is 0 Å². The van der Waals surface area contributed by atoms with Gasteiger partial charge in [-0.1, -0.05) is 95.5 Å². The molecule has 0 spiro atoms. The number of anilines is 2. The molecule has 0 fully saturated rings. The normalized spacial score (nSPS) is 12.8. The molecule has 0 aliphatic carbocycles. The van der Waals surface area contributed by atoms with Crippen LogP contribution in [0.15, 0.2) is 55.1 Å². The minimum atomic E-state index is 1.10. The molecule has 0 unspecified atom stereocenters. The molecular weight excluding hydrogens is 470 g/mol. The van der Waals surface area contributed by atoms with Gasteiger partial charge in [0, 0.05) is 25.3 Å². The molecule has 0 radical (unpaired) electrons. The van der Waals surface area contributed by atoms with Crippen LogP contribution in [0.2, 0.25) is 0 Å². The van der Waals surface area contributed by atoms with Crippen LogP contribution in [0.4, 0.5) is 11.4 Å². The third kappa shape index (κ3) is 5.30. The summed E-state index contributed by atoms with van der Waals surface area (Å²) in [6, 6.07) is 13.3. The van der Waals surface area contributed by atoms with Gasteiger partial charge in [-0.25, -0.2) is 0 Å². The van der Waals surface area contributed by atoms with Crippen LogP contribution >= 0.6 is 43.6 Å². The molecular formula is C22H27Br2NS. The molecule has 1 aliphatic rings. The summed E-state index contributed by atoms with van der Waals surface area (Å²) in [6.07, 6.45) is 10.9. The largest absolute Gasteiger partial charge is 0.340 e. The zero-order valence-corrected chi connectivity index (χ0v) is 19.4. The predicted molar refractivity (Wildman–Crippen MR) is 122 cm³/mol. The lowest BCUT2D eigenvalue weighted by Gasteiger charge is -2.33. The van der Waals surface area contributed by atoms with Gasteiger partial charge in [-0.15, -0.1) is 0 Å². The molecule has 4 heteroatoms. The topological polar surface area (TPSA) is 3.24 Å². The van der Waals surface area contributed by atoms with E-state index in [1.165, 1.54) is 72.5 Å². The van der Waals surface area contributed by atoms with Crippen molar-refractivity contribution in [1.82, 2.24) is 0 Å². The van der Waals surface area contributed by atoms with E-state index < -0.39 is 0 Å². The standard InChI is InChI=1S/C22H27Br2NS/c1-2-3-4-5-6-7-8-9-14-25-19-12-10-17(23)15-21(19)26-22-16-18(24)11-13-20(22)25/h10-13,15-16H,2-9,14H2,1H3. The van der Waals surface area contributed by atoms with Crippen molar-refractivity contribution in [2.45, 2.75) is 68.1 Å². The fourth-order valence-corrected chi connectivity index (χ4v) is 5.68. The zero-order valence-electron chi connectivity index (χ0n) is 15.4. The summed E-state index contributed by atoms with van der Waals surface area (Å²) >= 11 is 9.11. The van der Waals surface area contributed by atoms with E-state index in [1.807, 2.05) is 11.8 Å². The van der Waals surface area contributed by atoms with E-state index >= 15 is 0 Å². The molecule has 0 N–H and O–H groups in total. The molecule has 0 amide bonds. The monoisotopic (exact) mass is 495 g/mol. The number of hydrogen-bond acceptors (Lipinski definition) is 2. The van der Waals surface area contributed by atoms with E-state index in [1.54, 1.807) is 0 Å². The number of benzene rings is 2. The van der Waals surface area contributed by atoms with Crippen LogP contribution in [0, 0.1) is 0 Å². The second-order valence-electron chi connectivity index (χ2n) is 6.95. The van der Waals surface area contributed by atoms with Gasteiger partial charge in [0.25, 0.3) is 0 Å². The Labute approximate surface area is 179 Å². The third-order valence-electron chi connectivity index (χ3n) is 4.88. The highest BCUT2D eigenvalue weighted by atomic mass is 79.9. The molecule has 0 saturated heterocycles. The van der Waals surface area contributed by atoms with Gasteiger partial charge in [-0.3, -0.25) is 0 Å². The summed E-state index contributed by atoms with van der Waals surface area (Å²) in [5, 5.41) is 0. The Morgan fingerprint density at radius 1 is 0.731 bits per heavy atom. The van der Waals surface area contributed by atoms with Crippen LogP contribution in [0.3, 0.4) is 0 Å². The number of unbranched alkanes of at least 4 members (excludes halogenated alkanes) is 7.